The molecule has 0 unspecified atom stereocenters. The summed E-state index contributed by atoms with van der Waals surface area (Å²) in [5, 5.41) is 20.8. The molecule has 4 rings (SSSR count). The number of esters is 1. The Kier molecular flexibility index (Phi) is 16.4. The van der Waals surface area contributed by atoms with Gasteiger partial charge in [-0.1, -0.05) is 96.0 Å². The fourth-order valence-electron chi connectivity index (χ4n) is 6.75. The lowest BCUT2D eigenvalue weighted by Gasteiger charge is -2.34. The second-order valence-corrected chi connectivity index (χ2v) is 16.0. The SMILES string of the molecule is CC[C@H](C)[C@H](NC(=O)[C@H]1CCCCN1C)C(=O)N[C@H](C[C@@H](OC(=O)c1ccccc1)c1nc(C(=O)N[C@@H](Cc2ccccc2)C[C@H](C)C(=O)O)cs1)C(C)C. The van der Waals surface area contributed by atoms with E-state index in [4.69, 9.17) is 4.74 Å². The van der Waals surface area contributed by atoms with Crippen LogP contribution in [-0.2, 0) is 25.5 Å². The van der Waals surface area contributed by atoms with Crippen LogP contribution in [0.3, 0.4) is 0 Å². The fraction of sp³-hybridized carbons (Fsp3) is 0.524. The lowest BCUT2D eigenvalue weighted by molar-refractivity contribution is -0.141. The molecule has 2 heterocycles. The number of carboxylic acids is 1. The van der Waals surface area contributed by atoms with E-state index in [0.29, 0.717) is 23.4 Å². The quantitative estimate of drug-likeness (QED) is 0.106. The van der Waals surface area contributed by atoms with Gasteiger partial charge in [0.25, 0.3) is 5.91 Å². The van der Waals surface area contributed by atoms with Gasteiger partial charge in [-0.05, 0) is 68.8 Å². The van der Waals surface area contributed by atoms with Gasteiger partial charge in [0.15, 0.2) is 6.10 Å². The van der Waals surface area contributed by atoms with E-state index in [0.717, 1.165) is 31.4 Å². The number of likely N-dealkylation sites (tertiary alicyclic amines) is 1. The normalized spacial score (nSPS) is 17.9. The van der Waals surface area contributed by atoms with E-state index in [2.05, 4.69) is 20.9 Å². The number of nitrogens with one attached hydrogen (secondary N) is 3. The molecular weight excluding hydrogens is 719 g/mol. The molecule has 4 N–H and O–H groups in total. The van der Waals surface area contributed by atoms with Crippen molar-refractivity contribution in [3.05, 3.63) is 87.9 Å². The number of hydrogen-bond acceptors (Lipinski definition) is 9. The average Bonchev–Trinajstić information content (AvgIpc) is 3.67. The smallest absolute Gasteiger partial charge is 0.338 e. The first-order valence-electron chi connectivity index (χ1n) is 19.4. The number of piperidine rings is 1. The van der Waals surface area contributed by atoms with Crippen LogP contribution in [-0.4, -0.2) is 82.4 Å². The minimum atomic E-state index is -0.951. The maximum atomic E-state index is 14.0. The lowest BCUT2D eigenvalue weighted by Crippen LogP contribution is -2.57. The first-order chi connectivity index (χ1) is 26.3. The number of likely N-dealkylation sites (N-methyl/N-ethyl adjacent to an activating group) is 1. The second-order valence-electron chi connectivity index (χ2n) is 15.1. The number of rotatable bonds is 19. The number of ether oxygens (including phenoxy) is 1. The highest BCUT2D eigenvalue weighted by Gasteiger charge is 2.35. The Morgan fingerprint density at radius 2 is 1.60 bits per heavy atom. The Morgan fingerprint density at radius 1 is 0.927 bits per heavy atom. The van der Waals surface area contributed by atoms with Gasteiger partial charge < -0.3 is 25.8 Å². The highest BCUT2D eigenvalue weighted by Crippen LogP contribution is 2.30. The van der Waals surface area contributed by atoms with Crippen molar-refractivity contribution in [3.8, 4) is 0 Å². The fourth-order valence-corrected chi connectivity index (χ4v) is 7.59. The van der Waals surface area contributed by atoms with Crippen LogP contribution in [0.5, 0.6) is 0 Å². The summed E-state index contributed by atoms with van der Waals surface area (Å²) >= 11 is 1.17. The third kappa shape index (κ3) is 12.7. The molecular formula is C42H57N5O7S. The summed E-state index contributed by atoms with van der Waals surface area (Å²) in [4.78, 5) is 72.9. The van der Waals surface area contributed by atoms with Crippen molar-refractivity contribution in [2.45, 2.75) is 110 Å². The van der Waals surface area contributed by atoms with Gasteiger partial charge in [0.05, 0.1) is 17.5 Å². The number of carbonyl (C=O) groups excluding carboxylic acids is 4. The molecule has 12 nitrogen and oxygen atoms in total. The van der Waals surface area contributed by atoms with Crippen LogP contribution in [0.15, 0.2) is 66.0 Å². The van der Waals surface area contributed by atoms with Gasteiger partial charge in [-0.2, -0.15) is 0 Å². The Labute approximate surface area is 328 Å². The van der Waals surface area contributed by atoms with Crippen LogP contribution in [0.2, 0.25) is 0 Å². The van der Waals surface area contributed by atoms with Crippen molar-refractivity contribution in [2.75, 3.05) is 13.6 Å². The van der Waals surface area contributed by atoms with E-state index in [1.165, 1.54) is 11.3 Å². The number of nitrogens with zero attached hydrogens (tertiary/aromatic N) is 2. The van der Waals surface area contributed by atoms with Gasteiger partial charge in [-0.3, -0.25) is 24.1 Å². The van der Waals surface area contributed by atoms with Crippen molar-refractivity contribution in [3.63, 3.8) is 0 Å². The first-order valence-corrected chi connectivity index (χ1v) is 20.2. The Bertz CT molecular complexity index is 1720. The molecule has 0 saturated carbocycles. The molecule has 0 spiro atoms. The largest absolute Gasteiger partial charge is 0.481 e. The van der Waals surface area contributed by atoms with Crippen LogP contribution in [0.25, 0.3) is 0 Å². The number of benzene rings is 2. The van der Waals surface area contributed by atoms with Gasteiger partial charge in [0.2, 0.25) is 11.8 Å². The van der Waals surface area contributed by atoms with E-state index in [1.54, 1.807) is 42.6 Å². The van der Waals surface area contributed by atoms with Crippen LogP contribution >= 0.6 is 11.3 Å². The third-order valence-electron chi connectivity index (χ3n) is 10.5. The number of carboxylic acid groups (broad SMARTS) is 1. The van der Waals surface area contributed by atoms with E-state index >= 15 is 0 Å². The van der Waals surface area contributed by atoms with Crippen LogP contribution in [0.4, 0.5) is 0 Å². The third-order valence-corrected chi connectivity index (χ3v) is 11.4. The van der Waals surface area contributed by atoms with E-state index in [9.17, 15) is 29.1 Å². The first kappa shape index (κ1) is 43.1. The molecule has 1 saturated heterocycles. The average molecular weight is 776 g/mol. The highest BCUT2D eigenvalue weighted by molar-refractivity contribution is 7.09. The molecule has 55 heavy (non-hydrogen) atoms. The van der Waals surface area contributed by atoms with Crippen molar-refractivity contribution in [1.82, 2.24) is 25.8 Å². The maximum absolute atomic E-state index is 14.0. The van der Waals surface area contributed by atoms with Gasteiger partial charge in [-0.25, -0.2) is 9.78 Å². The molecule has 3 aromatic rings. The summed E-state index contributed by atoms with van der Waals surface area (Å²) in [7, 11) is 1.93. The van der Waals surface area contributed by atoms with Gasteiger partial charge in [0.1, 0.15) is 16.7 Å². The number of hydrogen-bond donors (Lipinski definition) is 4. The molecule has 1 fully saturated rings. The predicted octanol–water partition coefficient (Wildman–Crippen LogP) is 6.04. The van der Waals surface area contributed by atoms with Gasteiger partial charge in [0, 0.05) is 23.9 Å². The topological polar surface area (TPSA) is 167 Å². The molecule has 7 atom stereocenters. The molecule has 13 heteroatoms. The standard InChI is InChI=1S/C42H57N5O7S/c1-7-27(4)36(46-38(49)34-20-14-15-21-47(34)6)39(50)44-32(26(2)3)24-35(54-42(53)30-18-12-9-13-19-30)40-45-33(25-55-40)37(48)43-31(22-28(5)41(51)52)23-29-16-10-8-11-17-29/h8-13,16-19,25-28,31-32,34-36H,7,14-15,20-24H2,1-6H3,(H,43,48)(H,44,50)(H,46,49)(H,51,52)/t27-,28-,31+,32+,34+,35+,36-/m0/s1. The molecule has 1 aliphatic rings. The zero-order chi connectivity index (χ0) is 40.1. The van der Waals surface area contributed by atoms with Crippen molar-refractivity contribution in [2.24, 2.45) is 17.8 Å². The minimum Gasteiger partial charge on any atom is -0.481 e. The van der Waals surface area contributed by atoms with Crippen molar-refractivity contribution in [1.29, 1.82) is 0 Å². The van der Waals surface area contributed by atoms with Crippen LogP contribution in [0, 0.1) is 17.8 Å². The van der Waals surface area contributed by atoms with Crippen molar-refractivity contribution < 1.29 is 33.8 Å². The predicted molar refractivity (Wildman–Crippen MR) is 213 cm³/mol. The highest BCUT2D eigenvalue weighted by atomic mass is 32.1. The molecule has 0 aliphatic carbocycles. The monoisotopic (exact) mass is 775 g/mol. The molecule has 298 valence electrons. The molecule has 0 radical (unpaired) electrons. The maximum Gasteiger partial charge on any atom is 0.338 e. The molecule has 3 amide bonds. The minimum absolute atomic E-state index is 0.0997. The number of aliphatic carboxylic acids is 1. The molecule has 2 aromatic carbocycles. The zero-order valence-corrected chi connectivity index (χ0v) is 33.6. The summed E-state index contributed by atoms with van der Waals surface area (Å²) < 4.78 is 6.09. The Balaban J connectivity index is 1.56. The number of thiazole rings is 1. The summed E-state index contributed by atoms with van der Waals surface area (Å²) in [6.45, 7) is 10.3. The lowest BCUT2D eigenvalue weighted by atomic mass is 9.94. The van der Waals surface area contributed by atoms with Crippen LogP contribution in [0.1, 0.15) is 111 Å². The van der Waals surface area contributed by atoms with Crippen molar-refractivity contribution >= 4 is 41.0 Å². The molecule has 1 aromatic heterocycles. The Hall–Kier alpha value is -4.62. The summed E-state index contributed by atoms with van der Waals surface area (Å²) in [5.74, 6) is -3.40. The van der Waals surface area contributed by atoms with Gasteiger partial charge in [-0.15, -0.1) is 11.3 Å². The summed E-state index contributed by atoms with van der Waals surface area (Å²) in [5.41, 5.74) is 1.41. The van der Waals surface area contributed by atoms with Gasteiger partial charge >= 0.3 is 11.9 Å². The zero-order valence-electron chi connectivity index (χ0n) is 32.8. The van der Waals surface area contributed by atoms with Crippen LogP contribution < -0.4 is 16.0 Å². The Morgan fingerprint density at radius 3 is 2.22 bits per heavy atom. The van der Waals surface area contributed by atoms with E-state index < -0.39 is 48.0 Å². The number of aromatic nitrogens is 1. The summed E-state index contributed by atoms with van der Waals surface area (Å²) in [6.07, 6.45) is 3.30. The second kappa shape index (κ2) is 20.9. The summed E-state index contributed by atoms with van der Waals surface area (Å²) in [6, 6.07) is 16.1. The molecule has 1 aliphatic heterocycles. The van der Waals surface area contributed by atoms with E-state index in [1.807, 2.05) is 70.0 Å². The molecule has 0 bridgehead atoms. The number of carbonyl (C=O) groups is 5. The van der Waals surface area contributed by atoms with E-state index in [-0.39, 0.29) is 48.2 Å². The number of amides is 3.